The second-order valence-corrected chi connectivity index (χ2v) is 5.49. The van der Waals surface area contributed by atoms with E-state index in [-0.39, 0.29) is 0 Å². The summed E-state index contributed by atoms with van der Waals surface area (Å²) in [6, 6.07) is 21.4. The van der Waals surface area contributed by atoms with Crippen molar-refractivity contribution in [1.29, 1.82) is 0 Å². The lowest BCUT2D eigenvalue weighted by Crippen LogP contribution is -2.00. The van der Waals surface area contributed by atoms with Crippen LogP contribution in [0.4, 0.5) is 11.5 Å². The van der Waals surface area contributed by atoms with E-state index in [0.717, 1.165) is 22.4 Å². The van der Waals surface area contributed by atoms with Crippen molar-refractivity contribution < 1.29 is 4.74 Å². The lowest BCUT2D eigenvalue weighted by molar-refractivity contribution is 0.415. The number of aromatic nitrogens is 3. The van der Waals surface area contributed by atoms with Gasteiger partial charge in [0.1, 0.15) is 11.6 Å². The number of nitrogens with one attached hydrogen (secondary N) is 1. The van der Waals surface area contributed by atoms with Gasteiger partial charge in [0.25, 0.3) is 0 Å². The molecule has 0 aliphatic heterocycles. The molecule has 0 saturated heterocycles. The van der Waals surface area contributed by atoms with E-state index in [1.165, 1.54) is 0 Å². The first-order chi connectivity index (χ1) is 12.3. The van der Waals surface area contributed by atoms with Gasteiger partial charge < -0.3 is 10.1 Å². The summed E-state index contributed by atoms with van der Waals surface area (Å²) < 4.78 is 5.29. The van der Waals surface area contributed by atoms with Crippen LogP contribution in [-0.4, -0.2) is 22.1 Å². The lowest BCUT2D eigenvalue weighted by Gasteiger charge is -2.11. The summed E-state index contributed by atoms with van der Waals surface area (Å²) in [5, 5.41) is 4.23. The molecule has 5 nitrogen and oxygen atoms in total. The molecule has 0 aliphatic rings. The first-order valence-electron chi connectivity index (χ1n) is 7.93. The van der Waals surface area contributed by atoms with E-state index in [1.54, 1.807) is 13.3 Å². The molecule has 2 aromatic carbocycles. The standard InChI is InChI=1S/C20H16N4O/c1-25-16-10-5-9-15(13-16)22-20-17-11-6-12-21-19(17)23-18(24-20)14-7-3-2-4-8-14/h2-13H,1H3,(H,21,22,23,24). The molecule has 2 aromatic heterocycles. The average Bonchev–Trinajstić information content (AvgIpc) is 2.69. The first-order valence-corrected chi connectivity index (χ1v) is 7.93. The number of benzene rings is 2. The van der Waals surface area contributed by atoms with Crippen LogP contribution in [0.2, 0.25) is 0 Å². The van der Waals surface area contributed by atoms with Crippen LogP contribution >= 0.6 is 0 Å². The molecule has 0 saturated carbocycles. The SMILES string of the molecule is COc1cccc(Nc2nc(-c3ccccc3)nc3ncccc23)c1. The quantitative estimate of drug-likeness (QED) is 0.600. The van der Waals surface area contributed by atoms with Gasteiger partial charge in [-0.1, -0.05) is 36.4 Å². The number of anilines is 2. The van der Waals surface area contributed by atoms with E-state index in [9.17, 15) is 0 Å². The summed E-state index contributed by atoms with van der Waals surface area (Å²) in [7, 11) is 1.65. The topological polar surface area (TPSA) is 59.9 Å². The minimum atomic E-state index is 0.636. The highest BCUT2D eigenvalue weighted by atomic mass is 16.5. The molecule has 0 spiro atoms. The molecule has 4 aromatic rings. The zero-order valence-electron chi connectivity index (χ0n) is 13.7. The summed E-state index contributed by atoms with van der Waals surface area (Å²) in [5.41, 5.74) is 2.49. The van der Waals surface area contributed by atoms with Crippen molar-refractivity contribution in [2.45, 2.75) is 0 Å². The van der Waals surface area contributed by atoms with Crippen molar-refractivity contribution in [3.8, 4) is 17.1 Å². The second-order valence-electron chi connectivity index (χ2n) is 5.49. The normalized spacial score (nSPS) is 10.6. The number of hydrogen-bond acceptors (Lipinski definition) is 5. The van der Waals surface area contributed by atoms with Gasteiger partial charge in [-0.25, -0.2) is 15.0 Å². The highest BCUT2D eigenvalue weighted by Gasteiger charge is 2.10. The van der Waals surface area contributed by atoms with Crippen molar-refractivity contribution in [3.63, 3.8) is 0 Å². The van der Waals surface area contributed by atoms with Crippen LogP contribution in [0.3, 0.4) is 0 Å². The lowest BCUT2D eigenvalue weighted by atomic mass is 10.2. The summed E-state index contributed by atoms with van der Waals surface area (Å²) in [4.78, 5) is 13.7. The summed E-state index contributed by atoms with van der Waals surface area (Å²) in [6.07, 6.45) is 1.74. The fourth-order valence-electron chi connectivity index (χ4n) is 2.61. The van der Waals surface area contributed by atoms with Gasteiger partial charge >= 0.3 is 0 Å². The Morgan fingerprint density at radius 3 is 2.60 bits per heavy atom. The third kappa shape index (κ3) is 3.12. The molecule has 5 heteroatoms. The molecule has 0 fully saturated rings. The smallest absolute Gasteiger partial charge is 0.165 e. The number of methoxy groups -OCH3 is 1. The van der Waals surface area contributed by atoms with E-state index in [0.29, 0.717) is 17.3 Å². The molecule has 122 valence electrons. The van der Waals surface area contributed by atoms with E-state index in [4.69, 9.17) is 9.72 Å². The van der Waals surface area contributed by atoms with E-state index >= 15 is 0 Å². The van der Waals surface area contributed by atoms with Crippen molar-refractivity contribution in [2.24, 2.45) is 0 Å². The Kier molecular flexibility index (Phi) is 3.96. The molecule has 1 N–H and O–H groups in total. The van der Waals surface area contributed by atoms with Gasteiger partial charge in [-0.3, -0.25) is 0 Å². The van der Waals surface area contributed by atoms with Crippen molar-refractivity contribution in [1.82, 2.24) is 15.0 Å². The van der Waals surface area contributed by atoms with Crippen LogP contribution in [0.5, 0.6) is 5.75 Å². The van der Waals surface area contributed by atoms with Crippen molar-refractivity contribution in [3.05, 3.63) is 72.9 Å². The van der Waals surface area contributed by atoms with Crippen molar-refractivity contribution >= 4 is 22.5 Å². The Balaban J connectivity index is 1.83. The Bertz CT molecular complexity index is 1020. The number of hydrogen-bond donors (Lipinski definition) is 1. The zero-order chi connectivity index (χ0) is 17.1. The summed E-state index contributed by atoms with van der Waals surface area (Å²) >= 11 is 0. The Morgan fingerprint density at radius 1 is 0.880 bits per heavy atom. The Labute approximate surface area is 145 Å². The molecule has 0 aliphatic carbocycles. The maximum atomic E-state index is 5.29. The molecule has 4 rings (SSSR count). The number of ether oxygens (including phenoxy) is 1. The number of pyridine rings is 1. The van der Waals surface area contributed by atoms with Crippen LogP contribution in [0.1, 0.15) is 0 Å². The van der Waals surface area contributed by atoms with Crippen molar-refractivity contribution in [2.75, 3.05) is 12.4 Å². The van der Waals surface area contributed by atoms with Crippen LogP contribution in [0.25, 0.3) is 22.4 Å². The molecule has 0 radical (unpaired) electrons. The predicted octanol–water partition coefficient (Wildman–Crippen LogP) is 4.44. The molecular formula is C20H16N4O. The second kappa shape index (κ2) is 6.57. The van der Waals surface area contributed by atoms with Gasteiger partial charge in [-0.15, -0.1) is 0 Å². The summed E-state index contributed by atoms with van der Waals surface area (Å²) in [5.74, 6) is 2.13. The Morgan fingerprint density at radius 2 is 1.76 bits per heavy atom. The molecule has 0 amide bonds. The zero-order valence-corrected chi connectivity index (χ0v) is 13.7. The average molecular weight is 328 g/mol. The van der Waals surface area contributed by atoms with Crippen LogP contribution in [0, 0.1) is 0 Å². The molecular weight excluding hydrogens is 312 g/mol. The van der Waals surface area contributed by atoms with Gasteiger partial charge in [-0.2, -0.15) is 0 Å². The third-order valence-electron chi connectivity index (χ3n) is 3.84. The van der Waals surface area contributed by atoms with Gasteiger partial charge in [-0.05, 0) is 24.3 Å². The molecule has 0 atom stereocenters. The van der Waals surface area contributed by atoms with Gasteiger partial charge in [0.15, 0.2) is 11.5 Å². The number of rotatable bonds is 4. The maximum absolute atomic E-state index is 5.29. The number of nitrogens with zero attached hydrogens (tertiary/aromatic N) is 3. The fourth-order valence-corrected chi connectivity index (χ4v) is 2.61. The Hall–Kier alpha value is -3.47. The van der Waals surface area contributed by atoms with Crippen LogP contribution < -0.4 is 10.1 Å². The van der Waals surface area contributed by atoms with Gasteiger partial charge in [0.05, 0.1) is 12.5 Å². The molecule has 2 heterocycles. The van der Waals surface area contributed by atoms with Gasteiger partial charge in [0, 0.05) is 23.5 Å². The third-order valence-corrected chi connectivity index (χ3v) is 3.84. The highest BCUT2D eigenvalue weighted by molar-refractivity contribution is 5.89. The largest absolute Gasteiger partial charge is 0.497 e. The summed E-state index contributed by atoms with van der Waals surface area (Å²) in [6.45, 7) is 0. The minimum absolute atomic E-state index is 0.636. The predicted molar refractivity (Wildman–Crippen MR) is 99.0 cm³/mol. The van der Waals surface area contributed by atoms with E-state index < -0.39 is 0 Å². The van der Waals surface area contributed by atoms with Crippen LogP contribution in [0.15, 0.2) is 72.9 Å². The van der Waals surface area contributed by atoms with E-state index in [2.05, 4.69) is 15.3 Å². The number of fused-ring (bicyclic) bond motifs is 1. The first kappa shape index (κ1) is 15.1. The molecule has 0 bridgehead atoms. The van der Waals surface area contributed by atoms with Gasteiger partial charge in [0.2, 0.25) is 0 Å². The minimum Gasteiger partial charge on any atom is -0.497 e. The highest BCUT2D eigenvalue weighted by Crippen LogP contribution is 2.27. The monoisotopic (exact) mass is 328 g/mol. The van der Waals surface area contributed by atoms with E-state index in [1.807, 2.05) is 66.7 Å². The van der Waals surface area contributed by atoms with Crippen LogP contribution in [-0.2, 0) is 0 Å². The molecule has 0 unspecified atom stereocenters. The maximum Gasteiger partial charge on any atom is 0.165 e. The fraction of sp³-hybridized carbons (Fsp3) is 0.0500. The molecule has 25 heavy (non-hydrogen) atoms.